The van der Waals surface area contributed by atoms with E-state index in [9.17, 15) is 4.39 Å². The van der Waals surface area contributed by atoms with Crippen LogP contribution in [0.15, 0.2) is 22.7 Å². The Bertz CT molecular complexity index is 381. The molecule has 0 fully saturated rings. The molecule has 1 aromatic rings. The first-order chi connectivity index (χ1) is 10.2. The van der Waals surface area contributed by atoms with Gasteiger partial charge in [0.1, 0.15) is 5.82 Å². The summed E-state index contributed by atoms with van der Waals surface area (Å²) in [5, 5.41) is 3.29. The minimum absolute atomic E-state index is 0.191. The smallest absolute Gasteiger partial charge is 0.125 e. The highest BCUT2D eigenvalue weighted by molar-refractivity contribution is 9.10. The van der Waals surface area contributed by atoms with Crippen LogP contribution in [0.25, 0.3) is 0 Å². The third-order valence-corrected chi connectivity index (χ3v) is 4.47. The van der Waals surface area contributed by atoms with Crippen molar-refractivity contribution < 1.29 is 4.39 Å². The minimum Gasteiger partial charge on any atom is -0.384 e. The van der Waals surface area contributed by atoms with Gasteiger partial charge in [0.2, 0.25) is 0 Å². The Hall–Kier alpha value is -0.570. The van der Waals surface area contributed by atoms with Gasteiger partial charge in [-0.3, -0.25) is 0 Å². The number of anilines is 1. The number of hydrogen-bond acceptors (Lipinski definition) is 1. The van der Waals surface area contributed by atoms with Gasteiger partial charge >= 0.3 is 0 Å². The van der Waals surface area contributed by atoms with E-state index in [1.807, 2.05) is 0 Å². The molecule has 0 radical (unpaired) electrons. The molecule has 0 aliphatic rings. The summed E-state index contributed by atoms with van der Waals surface area (Å²) in [4.78, 5) is 0. The molecular formula is C18H29BrFN. The molecule has 120 valence electrons. The summed E-state index contributed by atoms with van der Waals surface area (Å²) < 4.78 is 14.0. The normalized spacial score (nSPS) is 10.8. The van der Waals surface area contributed by atoms with E-state index in [1.54, 1.807) is 12.1 Å². The Kier molecular flexibility index (Phi) is 10.6. The molecule has 1 N–H and O–H groups in total. The summed E-state index contributed by atoms with van der Waals surface area (Å²) in [6, 6.07) is 4.76. The highest BCUT2D eigenvalue weighted by atomic mass is 79.9. The summed E-state index contributed by atoms with van der Waals surface area (Å²) in [7, 11) is 0. The van der Waals surface area contributed by atoms with Crippen molar-refractivity contribution in [1.29, 1.82) is 0 Å². The predicted molar refractivity (Wildman–Crippen MR) is 94.4 cm³/mol. The third-order valence-electron chi connectivity index (χ3n) is 3.77. The largest absolute Gasteiger partial charge is 0.384 e. The fourth-order valence-electron chi connectivity index (χ4n) is 2.47. The lowest BCUT2D eigenvalue weighted by atomic mass is 10.1. The molecule has 21 heavy (non-hydrogen) atoms. The summed E-state index contributed by atoms with van der Waals surface area (Å²) in [6.45, 7) is 3.18. The van der Waals surface area contributed by atoms with Gasteiger partial charge in [0.25, 0.3) is 0 Å². The monoisotopic (exact) mass is 357 g/mol. The minimum atomic E-state index is -0.191. The molecule has 0 aromatic heterocycles. The van der Waals surface area contributed by atoms with Crippen molar-refractivity contribution in [2.24, 2.45) is 0 Å². The van der Waals surface area contributed by atoms with Crippen LogP contribution in [0.2, 0.25) is 0 Å². The van der Waals surface area contributed by atoms with Gasteiger partial charge in [0, 0.05) is 11.0 Å². The molecule has 0 atom stereocenters. The lowest BCUT2D eigenvalue weighted by Gasteiger charge is -2.08. The van der Waals surface area contributed by atoms with Crippen molar-refractivity contribution in [2.45, 2.75) is 71.1 Å². The maximum absolute atomic E-state index is 13.1. The second-order valence-corrected chi connectivity index (χ2v) is 6.59. The van der Waals surface area contributed by atoms with Gasteiger partial charge in [-0.25, -0.2) is 4.39 Å². The van der Waals surface area contributed by atoms with Crippen molar-refractivity contribution in [1.82, 2.24) is 0 Å². The molecule has 0 heterocycles. The van der Waals surface area contributed by atoms with Crippen LogP contribution < -0.4 is 5.32 Å². The van der Waals surface area contributed by atoms with Crippen LogP contribution in [0.4, 0.5) is 10.1 Å². The zero-order valence-corrected chi connectivity index (χ0v) is 14.9. The zero-order valence-electron chi connectivity index (χ0n) is 13.3. The highest BCUT2D eigenvalue weighted by Gasteiger charge is 2.00. The topological polar surface area (TPSA) is 12.0 Å². The molecule has 0 bridgehead atoms. The number of nitrogens with one attached hydrogen (secondary N) is 1. The Morgan fingerprint density at radius 2 is 1.48 bits per heavy atom. The van der Waals surface area contributed by atoms with E-state index in [0.29, 0.717) is 0 Å². The van der Waals surface area contributed by atoms with Gasteiger partial charge in [-0.2, -0.15) is 0 Å². The second kappa shape index (κ2) is 12.0. The summed E-state index contributed by atoms with van der Waals surface area (Å²) in [5.74, 6) is -0.191. The van der Waals surface area contributed by atoms with E-state index in [2.05, 4.69) is 28.2 Å². The predicted octanol–water partition coefficient (Wildman–Crippen LogP) is 6.92. The van der Waals surface area contributed by atoms with Gasteiger partial charge in [-0.05, 0) is 40.5 Å². The molecule has 1 nitrogen and oxygen atoms in total. The maximum atomic E-state index is 13.1. The van der Waals surface area contributed by atoms with Crippen molar-refractivity contribution in [3.63, 3.8) is 0 Å². The number of hydrogen-bond donors (Lipinski definition) is 1. The van der Waals surface area contributed by atoms with Crippen molar-refractivity contribution in [3.8, 4) is 0 Å². The van der Waals surface area contributed by atoms with Gasteiger partial charge in [-0.15, -0.1) is 0 Å². The van der Waals surface area contributed by atoms with Crippen LogP contribution in [0.5, 0.6) is 0 Å². The molecule has 0 unspecified atom stereocenters. The van der Waals surface area contributed by atoms with Crippen LogP contribution >= 0.6 is 15.9 Å². The fraction of sp³-hybridized carbons (Fsp3) is 0.667. The van der Waals surface area contributed by atoms with Gasteiger partial charge in [0.15, 0.2) is 0 Å². The summed E-state index contributed by atoms with van der Waals surface area (Å²) >= 11 is 3.43. The average Bonchev–Trinajstić information content (AvgIpc) is 2.48. The fourth-order valence-corrected chi connectivity index (χ4v) is 2.86. The first-order valence-electron chi connectivity index (χ1n) is 8.43. The van der Waals surface area contributed by atoms with Crippen molar-refractivity contribution >= 4 is 21.6 Å². The molecule has 3 heteroatoms. The van der Waals surface area contributed by atoms with Crippen LogP contribution in [0.1, 0.15) is 71.1 Å². The molecular weight excluding hydrogens is 329 g/mol. The molecule has 1 aromatic carbocycles. The van der Waals surface area contributed by atoms with Gasteiger partial charge < -0.3 is 5.32 Å². The molecule has 0 saturated carbocycles. The number of benzene rings is 1. The average molecular weight is 358 g/mol. The quantitative estimate of drug-likeness (QED) is 0.400. The van der Waals surface area contributed by atoms with E-state index < -0.39 is 0 Å². The van der Waals surface area contributed by atoms with E-state index in [4.69, 9.17) is 0 Å². The highest BCUT2D eigenvalue weighted by Crippen LogP contribution is 2.23. The van der Waals surface area contributed by atoms with E-state index in [-0.39, 0.29) is 5.82 Å². The van der Waals surface area contributed by atoms with Crippen molar-refractivity contribution in [3.05, 3.63) is 28.5 Å². The molecule has 1 rings (SSSR count). The zero-order chi connectivity index (χ0) is 15.3. The molecule has 0 aliphatic carbocycles. The number of rotatable bonds is 12. The molecule has 0 amide bonds. The van der Waals surface area contributed by atoms with Crippen LogP contribution in [0, 0.1) is 5.82 Å². The van der Waals surface area contributed by atoms with Crippen LogP contribution in [-0.2, 0) is 0 Å². The van der Waals surface area contributed by atoms with E-state index >= 15 is 0 Å². The lowest BCUT2D eigenvalue weighted by Crippen LogP contribution is -2.02. The third kappa shape index (κ3) is 9.13. The first-order valence-corrected chi connectivity index (χ1v) is 9.22. The van der Waals surface area contributed by atoms with E-state index in [0.717, 1.165) is 23.1 Å². The van der Waals surface area contributed by atoms with E-state index in [1.165, 1.54) is 63.9 Å². The van der Waals surface area contributed by atoms with Crippen LogP contribution in [0.3, 0.4) is 0 Å². The Morgan fingerprint density at radius 3 is 2.10 bits per heavy atom. The Balaban J connectivity index is 1.94. The summed E-state index contributed by atoms with van der Waals surface area (Å²) in [6.07, 6.45) is 13.4. The maximum Gasteiger partial charge on any atom is 0.125 e. The van der Waals surface area contributed by atoms with Crippen LogP contribution in [-0.4, -0.2) is 6.54 Å². The van der Waals surface area contributed by atoms with Crippen molar-refractivity contribution in [2.75, 3.05) is 11.9 Å². The first kappa shape index (κ1) is 18.5. The molecule has 0 aliphatic heterocycles. The SMILES string of the molecule is CCCCCCCCCCCCNc1cc(F)ccc1Br. The Morgan fingerprint density at radius 1 is 0.905 bits per heavy atom. The lowest BCUT2D eigenvalue weighted by molar-refractivity contribution is 0.560. The molecule has 0 saturated heterocycles. The second-order valence-electron chi connectivity index (χ2n) is 5.73. The van der Waals surface area contributed by atoms with Gasteiger partial charge in [-0.1, -0.05) is 64.7 Å². The number of halogens is 2. The molecule has 0 spiro atoms. The van der Waals surface area contributed by atoms with Gasteiger partial charge in [0.05, 0.1) is 5.69 Å². The summed E-state index contributed by atoms with van der Waals surface area (Å²) in [5.41, 5.74) is 0.853. The Labute approximate surface area is 137 Å². The standard InChI is InChI=1S/C18H29BrFN/c1-2-3-4-5-6-7-8-9-10-11-14-21-18-15-16(20)12-13-17(18)19/h12-13,15,21H,2-11,14H2,1H3. The number of unbranched alkanes of at least 4 members (excludes halogenated alkanes) is 9.